The van der Waals surface area contributed by atoms with Gasteiger partial charge in [-0.1, -0.05) is 13.8 Å². The van der Waals surface area contributed by atoms with Crippen LogP contribution in [0.5, 0.6) is 0 Å². The normalized spacial score (nSPS) is 10.6. The number of nitrogens with two attached hydrogens (primary N) is 3. The van der Waals surface area contributed by atoms with Crippen LogP contribution in [0.25, 0.3) is 0 Å². The van der Waals surface area contributed by atoms with Crippen molar-refractivity contribution >= 4 is 63.4 Å². The van der Waals surface area contributed by atoms with Crippen molar-refractivity contribution in [1.29, 1.82) is 0 Å². The highest BCUT2D eigenvalue weighted by molar-refractivity contribution is 6.13. The smallest absolute Gasteiger partial charge is 0.258 e. The molecular weight excluding hydrogens is 646 g/mol. The molecule has 260 valence electrons. The van der Waals surface area contributed by atoms with Crippen LogP contribution < -0.4 is 47.6 Å². The Morgan fingerprint density at radius 1 is 0.549 bits per heavy atom. The van der Waals surface area contributed by atoms with E-state index in [2.05, 4.69) is 35.1 Å². The lowest BCUT2D eigenvalue weighted by Gasteiger charge is -2.14. The average Bonchev–Trinajstić information content (AvgIpc) is 3.11. The maximum Gasteiger partial charge on any atom is 0.258 e. The number of amides is 4. The number of pyridine rings is 2. The van der Waals surface area contributed by atoms with Gasteiger partial charge in [0.2, 0.25) is 0 Å². The first kappa shape index (κ1) is 35.5. The van der Waals surface area contributed by atoms with Crippen molar-refractivity contribution in [2.24, 2.45) is 0 Å². The molecule has 4 amide bonds. The van der Waals surface area contributed by atoms with Gasteiger partial charge in [0.15, 0.2) is 24.8 Å². The first-order valence-corrected chi connectivity index (χ1v) is 16.5. The molecule has 0 fully saturated rings. The number of aryl methyl sites for hydroxylation is 2. The van der Waals surface area contributed by atoms with Gasteiger partial charge in [-0.3, -0.25) is 19.2 Å². The van der Waals surface area contributed by atoms with Gasteiger partial charge in [0.25, 0.3) is 23.6 Å². The molecule has 3 aromatic carbocycles. The molecule has 0 spiro atoms. The second kappa shape index (κ2) is 16.1. The highest BCUT2D eigenvalue weighted by Crippen LogP contribution is 2.30. The number of nitrogens with zero attached hydrogens (tertiary/aromatic N) is 2. The molecule has 0 aliphatic carbocycles. The van der Waals surface area contributed by atoms with Crippen LogP contribution in [0, 0.1) is 0 Å². The summed E-state index contributed by atoms with van der Waals surface area (Å²) in [6, 6.07) is 20.8. The molecular formula is C38H41N9O4+2. The summed E-state index contributed by atoms with van der Waals surface area (Å²) < 4.78 is 3.96. The van der Waals surface area contributed by atoms with Gasteiger partial charge < -0.3 is 38.5 Å². The van der Waals surface area contributed by atoms with E-state index in [0.29, 0.717) is 22.6 Å². The molecule has 13 nitrogen and oxygen atoms in total. The summed E-state index contributed by atoms with van der Waals surface area (Å²) in [5, 5.41) is 11.1. The molecule has 10 N–H and O–H groups in total. The predicted octanol–water partition coefficient (Wildman–Crippen LogP) is 4.84. The molecule has 2 heterocycles. The Morgan fingerprint density at radius 3 is 1.55 bits per heavy atom. The Hall–Kier alpha value is -6.76. The highest BCUT2D eigenvalue weighted by atomic mass is 16.2. The Balaban J connectivity index is 1.18. The zero-order valence-electron chi connectivity index (χ0n) is 28.4. The van der Waals surface area contributed by atoms with Crippen LogP contribution in [0.1, 0.15) is 68.1 Å². The molecule has 51 heavy (non-hydrogen) atoms. The van der Waals surface area contributed by atoms with Gasteiger partial charge in [-0.05, 0) is 66.7 Å². The Kier molecular flexibility index (Phi) is 11.2. The van der Waals surface area contributed by atoms with Crippen LogP contribution in [0.3, 0.4) is 0 Å². The first-order valence-electron chi connectivity index (χ1n) is 16.5. The van der Waals surface area contributed by atoms with E-state index in [4.69, 9.17) is 17.2 Å². The van der Waals surface area contributed by atoms with Gasteiger partial charge in [-0.2, -0.15) is 0 Å². The maximum atomic E-state index is 13.0. The van der Waals surface area contributed by atoms with E-state index in [0.717, 1.165) is 25.9 Å². The van der Waals surface area contributed by atoms with Gasteiger partial charge in [-0.25, -0.2) is 9.13 Å². The van der Waals surface area contributed by atoms with E-state index in [1.165, 1.54) is 42.5 Å². The van der Waals surface area contributed by atoms with E-state index in [1.807, 2.05) is 46.1 Å². The largest absolute Gasteiger partial charge is 0.397 e. The molecule has 13 heteroatoms. The van der Waals surface area contributed by atoms with Crippen molar-refractivity contribution in [2.45, 2.75) is 39.8 Å². The summed E-state index contributed by atoms with van der Waals surface area (Å²) in [4.78, 5) is 51.8. The number of aromatic nitrogens is 2. The minimum Gasteiger partial charge on any atom is -0.397 e. The Labute approximate surface area is 295 Å². The minimum absolute atomic E-state index is 0.0268. The van der Waals surface area contributed by atoms with Gasteiger partial charge in [0.05, 0.1) is 34.0 Å². The van der Waals surface area contributed by atoms with Crippen molar-refractivity contribution in [1.82, 2.24) is 0 Å². The van der Waals surface area contributed by atoms with Gasteiger partial charge in [0.1, 0.15) is 24.5 Å². The van der Waals surface area contributed by atoms with Gasteiger partial charge in [-0.15, -0.1) is 0 Å². The molecule has 0 saturated heterocycles. The van der Waals surface area contributed by atoms with Crippen LogP contribution in [-0.4, -0.2) is 23.6 Å². The SMILES string of the molecule is CCC[n+]1cccc(NC(=O)c2ccc(NC(=O)c3ccc(C(=O)Nc4ccc(C(=O)Nc5ccc[n+](CCC)c5)c(N)c4N)cc3)c(N)c2)c1. The van der Waals surface area contributed by atoms with E-state index >= 15 is 0 Å². The molecule has 0 aliphatic heterocycles. The van der Waals surface area contributed by atoms with E-state index < -0.39 is 17.7 Å². The third-order valence-corrected chi connectivity index (χ3v) is 7.95. The lowest BCUT2D eigenvalue weighted by Crippen LogP contribution is -2.33. The number of hydrogen-bond acceptors (Lipinski definition) is 7. The molecule has 5 rings (SSSR count). The zero-order chi connectivity index (χ0) is 36.5. The highest BCUT2D eigenvalue weighted by Gasteiger charge is 2.18. The van der Waals surface area contributed by atoms with Crippen molar-refractivity contribution in [3.05, 3.63) is 126 Å². The maximum absolute atomic E-state index is 13.0. The molecule has 0 radical (unpaired) electrons. The molecule has 2 aromatic heterocycles. The monoisotopic (exact) mass is 687 g/mol. The fraction of sp³-hybridized carbons (Fsp3) is 0.158. The molecule has 0 bridgehead atoms. The van der Waals surface area contributed by atoms with Crippen LogP contribution in [0.2, 0.25) is 0 Å². The number of hydrogen-bond donors (Lipinski definition) is 7. The van der Waals surface area contributed by atoms with Crippen molar-refractivity contribution in [2.75, 3.05) is 38.5 Å². The van der Waals surface area contributed by atoms with Crippen LogP contribution >= 0.6 is 0 Å². The van der Waals surface area contributed by atoms with Crippen molar-refractivity contribution < 1.29 is 28.3 Å². The van der Waals surface area contributed by atoms with Crippen molar-refractivity contribution in [3.8, 4) is 0 Å². The third-order valence-electron chi connectivity index (χ3n) is 7.95. The summed E-state index contributed by atoms with van der Waals surface area (Å²) in [6.45, 7) is 5.78. The molecule has 0 saturated carbocycles. The van der Waals surface area contributed by atoms with E-state index in [-0.39, 0.29) is 45.3 Å². The standard InChI is InChI=1S/C38H39N9O4/c1-3-17-46-19-5-7-27(22-46)42-37(50)26-13-15-31(30(39)21-26)44-35(48)24-9-11-25(12-10-24)36(49)45-32-16-14-29(33(40)34(32)41)38(51)43-28-8-6-20-47(23-28)18-4-2/h5-16,19-23H,3-4,17-18H2,1-2H3,(H8-2,39,40,41,42,43,44,45,48,49,50,51)/p+2. The fourth-order valence-corrected chi connectivity index (χ4v) is 5.31. The third kappa shape index (κ3) is 8.83. The van der Waals surface area contributed by atoms with Gasteiger partial charge >= 0.3 is 0 Å². The zero-order valence-corrected chi connectivity index (χ0v) is 28.4. The number of nitrogens with one attached hydrogen (secondary N) is 4. The molecule has 0 atom stereocenters. The number of nitrogen functional groups attached to an aromatic ring is 3. The molecule has 5 aromatic rings. The summed E-state index contributed by atoms with van der Waals surface area (Å²) in [7, 11) is 0. The van der Waals surface area contributed by atoms with Crippen LogP contribution in [0.15, 0.2) is 104 Å². The number of carbonyl (C=O) groups is 4. The summed E-state index contributed by atoms with van der Waals surface area (Å²) >= 11 is 0. The molecule has 0 unspecified atom stereocenters. The topological polar surface area (TPSA) is 202 Å². The average molecular weight is 688 g/mol. The number of carbonyl (C=O) groups excluding carboxylic acids is 4. The molecule has 0 aliphatic rings. The number of rotatable bonds is 12. The van der Waals surface area contributed by atoms with Gasteiger partial charge in [0, 0.05) is 41.7 Å². The number of anilines is 7. The second-order valence-corrected chi connectivity index (χ2v) is 11.8. The summed E-state index contributed by atoms with van der Waals surface area (Å²) in [6.07, 6.45) is 9.44. The lowest BCUT2D eigenvalue weighted by atomic mass is 10.1. The minimum atomic E-state index is -0.496. The quantitative estimate of drug-likeness (QED) is 0.0718. The summed E-state index contributed by atoms with van der Waals surface area (Å²) in [5.41, 5.74) is 21.7. The van der Waals surface area contributed by atoms with Crippen LogP contribution in [0.4, 0.5) is 39.8 Å². The van der Waals surface area contributed by atoms with E-state index in [9.17, 15) is 19.2 Å². The predicted molar refractivity (Wildman–Crippen MR) is 198 cm³/mol. The van der Waals surface area contributed by atoms with E-state index in [1.54, 1.807) is 24.3 Å². The van der Waals surface area contributed by atoms with Crippen LogP contribution in [-0.2, 0) is 13.1 Å². The Morgan fingerprint density at radius 2 is 1.02 bits per heavy atom. The Bertz CT molecular complexity index is 2100. The lowest BCUT2D eigenvalue weighted by molar-refractivity contribution is -0.696. The second-order valence-electron chi connectivity index (χ2n) is 11.8. The first-order chi connectivity index (χ1) is 24.6. The summed E-state index contributed by atoms with van der Waals surface area (Å²) in [5.74, 6) is -1.73. The van der Waals surface area contributed by atoms with Crippen molar-refractivity contribution in [3.63, 3.8) is 0 Å². The number of benzene rings is 3. The fourth-order valence-electron chi connectivity index (χ4n) is 5.31.